The summed E-state index contributed by atoms with van der Waals surface area (Å²) >= 11 is 0. The van der Waals surface area contributed by atoms with Gasteiger partial charge in [-0.25, -0.2) is 23.7 Å². The van der Waals surface area contributed by atoms with E-state index in [1.165, 1.54) is 0 Å². The molecule has 36 heavy (non-hydrogen) atoms. The van der Waals surface area contributed by atoms with Crippen LogP contribution in [-0.2, 0) is 24.4 Å². The molecule has 0 spiro atoms. The summed E-state index contributed by atoms with van der Waals surface area (Å²) < 4.78 is 29.3. The van der Waals surface area contributed by atoms with E-state index < -0.39 is 33.7 Å². The SMILES string of the molecule is Cc1cc(C)c(S(=O)(=O)NC(CCCCNc2ncc[nH]2)(NC(=O)CC2CCNO2)C(=O)O)c(C)c1. The van der Waals surface area contributed by atoms with Crippen molar-refractivity contribution in [3.8, 4) is 0 Å². The van der Waals surface area contributed by atoms with Crippen LogP contribution >= 0.6 is 0 Å². The van der Waals surface area contributed by atoms with Crippen molar-refractivity contribution in [1.29, 1.82) is 0 Å². The number of unbranched alkanes of at least 4 members (excludes halogenated alkanes) is 1. The molecule has 12 nitrogen and oxygen atoms in total. The molecule has 1 amide bonds. The first-order valence-electron chi connectivity index (χ1n) is 11.8. The van der Waals surface area contributed by atoms with Gasteiger partial charge in [-0.3, -0.25) is 9.63 Å². The third-order valence-electron chi connectivity index (χ3n) is 5.90. The predicted molar refractivity (Wildman–Crippen MR) is 133 cm³/mol. The highest BCUT2D eigenvalue weighted by Gasteiger charge is 2.44. The summed E-state index contributed by atoms with van der Waals surface area (Å²) in [5.74, 6) is -1.55. The molecular weight excluding hydrogens is 488 g/mol. The minimum Gasteiger partial charge on any atom is -0.478 e. The molecule has 6 N–H and O–H groups in total. The summed E-state index contributed by atoms with van der Waals surface area (Å²) in [5.41, 5.74) is 2.29. The molecule has 0 aliphatic carbocycles. The maximum Gasteiger partial charge on any atom is 0.345 e. The number of benzene rings is 1. The molecule has 198 valence electrons. The van der Waals surface area contributed by atoms with Gasteiger partial charge in [-0.2, -0.15) is 4.72 Å². The first-order chi connectivity index (χ1) is 17.0. The van der Waals surface area contributed by atoms with Crippen molar-refractivity contribution in [3.05, 3.63) is 41.2 Å². The minimum atomic E-state index is -4.31. The van der Waals surface area contributed by atoms with Crippen LogP contribution in [0.2, 0.25) is 0 Å². The lowest BCUT2D eigenvalue weighted by molar-refractivity contribution is -0.149. The zero-order chi connectivity index (χ0) is 26.3. The smallest absolute Gasteiger partial charge is 0.345 e. The van der Waals surface area contributed by atoms with Crippen molar-refractivity contribution in [2.45, 2.75) is 69.5 Å². The highest BCUT2D eigenvalue weighted by atomic mass is 32.2. The monoisotopic (exact) mass is 522 g/mol. The van der Waals surface area contributed by atoms with E-state index in [0.717, 1.165) is 5.56 Å². The third kappa shape index (κ3) is 7.03. The van der Waals surface area contributed by atoms with Crippen LogP contribution in [-0.4, -0.2) is 60.2 Å². The number of sulfonamides is 1. The van der Waals surface area contributed by atoms with E-state index in [4.69, 9.17) is 4.84 Å². The van der Waals surface area contributed by atoms with E-state index in [1.807, 2.05) is 6.92 Å². The number of carboxylic acid groups (broad SMARTS) is 1. The minimum absolute atomic E-state index is 0.00390. The van der Waals surface area contributed by atoms with Crippen molar-refractivity contribution in [1.82, 2.24) is 25.5 Å². The number of imidazole rings is 1. The first kappa shape index (κ1) is 27.6. The van der Waals surface area contributed by atoms with Gasteiger partial charge in [-0.15, -0.1) is 0 Å². The number of carboxylic acids is 1. The van der Waals surface area contributed by atoms with E-state index in [0.29, 0.717) is 49.4 Å². The second-order valence-corrected chi connectivity index (χ2v) is 10.7. The lowest BCUT2D eigenvalue weighted by Gasteiger charge is -2.32. The molecule has 0 radical (unpaired) electrons. The average molecular weight is 523 g/mol. The average Bonchev–Trinajstić information content (AvgIpc) is 3.46. The fourth-order valence-corrected chi connectivity index (χ4v) is 6.16. The number of aryl methyl sites for hydroxylation is 3. The van der Waals surface area contributed by atoms with Crippen LogP contribution in [0.15, 0.2) is 29.4 Å². The maximum atomic E-state index is 13.5. The van der Waals surface area contributed by atoms with Gasteiger partial charge in [0.2, 0.25) is 21.6 Å². The van der Waals surface area contributed by atoms with Crippen LogP contribution in [0, 0.1) is 20.8 Å². The number of amides is 1. The summed E-state index contributed by atoms with van der Waals surface area (Å²) in [6, 6.07) is 3.43. The van der Waals surface area contributed by atoms with E-state index in [-0.39, 0.29) is 17.7 Å². The molecule has 1 saturated heterocycles. The van der Waals surface area contributed by atoms with Gasteiger partial charge in [0, 0.05) is 25.5 Å². The van der Waals surface area contributed by atoms with E-state index in [1.54, 1.807) is 38.4 Å². The molecule has 0 saturated carbocycles. The molecule has 2 atom stereocenters. The number of nitrogens with zero attached hydrogens (tertiary/aromatic N) is 1. The van der Waals surface area contributed by atoms with Gasteiger partial charge >= 0.3 is 5.97 Å². The van der Waals surface area contributed by atoms with Crippen molar-refractivity contribution in [3.63, 3.8) is 0 Å². The Morgan fingerprint density at radius 2 is 1.94 bits per heavy atom. The van der Waals surface area contributed by atoms with Crippen LogP contribution in [0.1, 0.15) is 48.8 Å². The number of hydroxylamine groups is 1. The van der Waals surface area contributed by atoms with Crippen molar-refractivity contribution in [2.24, 2.45) is 0 Å². The maximum absolute atomic E-state index is 13.5. The third-order valence-corrected chi connectivity index (χ3v) is 7.70. The number of carbonyl (C=O) groups is 2. The molecular formula is C23H34N6O6S. The highest BCUT2D eigenvalue weighted by molar-refractivity contribution is 7.89. The molecule has 3 rings (SSSR count). The zero-order valence-electron chi connectivity index (χ0n) is 20.7. The zero-order valence-corrected chi connectivity index (χ0v) is 21.5. The number of carbonyl (C=O) groups excluding carboxylic acids is 1. The fraction of sp³-hybridized carbons (Fsp3) is 0.522. The normalized spacial score (nSPS) is 17.5. The Balaban J connectivity index is 1.82. The number of H-pyrrole nitrogens is 1. The van der Waals surface area contributed by atoms with Gasteiger partial charge < -0.3 is 20.7 Å². The Kier molecular flexibility index (Phi) is 9.06. The lowest BCUT2D eigenvalue weighted by atomic mass is 10.0. The van der Waals surface area contributed by atoms with Gasteiger partial charge in [0.05, 0.1) is 17.4 Å². The Morgan fingerprint density at radius 1 is 1.22 bits per heavy atom. The standard InChI is InChI=1S/C23H34N6O6S/c1-15-12-16(2)20(17(3)13-15)36(33,34)29-23(21(31)32,28-19(30)14-18-6-9-27-35-18)7-4-5-8-24-22-25-10-11-26-22/h10-13,18,27,29H,4-9,14H2,1-3H3,(H,28,30)(H,31,32)(H2,24,25,26). The molecule has 1 aliphatic rings. The molecule has 2 heterocycles. The van der Waals surface area contributed by atoms with Crippen LogP contribution < -0.4 is 20.8 Å². The highest BCUT2D eigenvalue weighted by Crippen LogP contribution is 2.25. The number of nitrogens with one attached hydrogen (secondary N) is 5. The van der Waals surface area contributed by atoms with Gasteiger partial charge in [-0.1, -0.05) is 17.7 Å². The first-order valence-corrected chi connectivity index (χ1v) is 13.3. The summed E-state index contributed by atoms with van der Waals surface area (Å²) in [4.78, 5) is 37.6. The Morgan fingerprint density at radius 3 is 2.53 bits per heavy atom. The lowest BCUT2D eigenvalue weighted by Crippen LogP contribution is -2.65. The number of hydrogen-bond acceptors (Lipinski definition) is 8. The molecule has 1 fully saturated rings. The molecule has 2 unspecified atom stereocenters. The molecule has 1 aromatic carbocycles. The van der Waals surface area contributed by atoms with Gasteiger partial charge in [-0.05, 0) is 57.6 Å². The molecule has 1 aliphatic heterocycles. The summed E-state index contributed by atoms with van der Waals surface area (Å²) in [7, 11) is -4.31. The summed E-state index contributed by atoms with van der Waals surface area (Å²) in [6.45, 7) is 6.20. The Labute approximate surface area is 210 Å². The Bertz CT molecular complexity index is 1140. The van der Waals surface area contributed by atoms with Gasteiger partial charge in [0.1, 0.15) is 0 Å². The Hall–Kier alpha value is -3.00. The number of aliphatic carboxylic acids is 1. The molecule has 13 heteroatoms. The van der Waals surface area contributed by atoms with Crippen LogP contribution in [0.3, 0.4) is 0 Å². The number of aromatic amines is 1. The molecule has 0 bridgehead atoms. The number of anilines is 1. The number of hydrogen-bond donors (Lipinski definition) is 6. The van der Waals surface area contributed by atoms with E-state index >= 15 is 0 Å². The van der Waals surface area contributed by atoms with Crippen molar-refractivity contribution < 1.29 is 28.0 Å². The quantitative estimate of drug-likeness (QED) is 0.168. The predicted octanol–water partition coefficient (Wildman–Crippen LogP) is 1.48. The summed E-state index contributed by atoms with van der Waals surface area (Å²) in [5, 5.41) is 15.7. The fourth-order valence-electron chi connectivity index (χ4n) is 4.39. The van der Waals surface area contributed by atoms with Crippen LogP contribution in [0.25, 0.3) is 0 Å². The molecule has 1 aromatic heterocycles. The van der Waals surface area contributed by atoms with Crippen molar-refractivity contribution in [2.75, 3.05) is 18.4 Å². The number of aromatic nitrogens is 2. The van der Waals surface area contributed by atoms with Crippen LogP contribution in [0.5, 0.6) is 0 Å². The summed E-state index contributed by atoms with van der Waals surface area (Å²) in [6.07, 6.45) is 3.96. The topological polar surface area (TPSA) is 175 Å². The van der Waals surface area contributed by atoms with Gasteiger partial charge in [0.25, 0.3) is 0 Å². The van der Waals surface area contributed by atoms with Crippen LogP contribution in [0.4, 0.5) is 5.95 Å². The second-order valence-electron chi connectivity index (χ2n) is 9.04. The molecule has 2 aromatic rings. The number of rotatable bonds is 13. The van der Waals surface area contributed by atoms with Crippen molar-refractivity contribution >= 4 is 27.8 Å². The van der Waals surface area contributed by atoms with Gasteiger partial charge in [0.15, 0.2) is 5.95 Å². The van der Waals surface area contributed by atoms with E-state index in [9.17, 15) is 23.1 Å². The van der Waals surface area contributed by atoms with E-state index in [2.05, 4.69) is 30.8 Å². The second kappa shape index (κ2) is 11.8. The largest absolute Gasteiger partial charge is 0.478 e.